The van der Waals surface area contributed by atoms with E-state index < -0.39 is 0 Å². The molecule has 1 amide bonds. The lowest BCUT2D eigenvalue weighted by Gasteiger charge is -2.25. The molecule has 2 heterocycles. The Morgan fingerprint density at radius 3 is 2.73 bits per heavy atom. The van der Waals surface area contributed by atoms with Gasteiger partial charge in [0.2, 0.25) is 5.91 Å². The van der Waals surface area contributed by atoms with Gasteiger partial charge in [0.25, 0.3) is 0 Å². The van der Waals surface area contributed by atoms with Crippen molar-refractivity contribution < 1.29 is 4.79 Å². The molecule has 1 atom stereocenters. The van der Waals surface area contributed by atoms with Crippen LogP contribution in [0.4, 0.5) is 11.5 Å². The lowest BCUT2D eigenvalue weighted by atomic mass is 9.90. The molecule has 1 unspecified atom stereocenters. The highest BCUT2D eigenvalue weighted by Crippen LogP contribution is 2.31. The highest BCUT2D eigenvalue weighted by molar-refractivity contribution is 5.94. The second-order valence-electron chi connectivity index (χ2n) is 6.44. The van der Waals surface area contributed by atoms with Gasteiger partial charge in [-0.25, -0.2) is 9.97 Å². The molecule has 0 bridgehead atoms. The van der Waals surface area contributed by atoms with Gasteiger partial charge in [0.1, 0.15) is 11.6 Å². The van der Waals surface area contributed by atoms with Gasteiger partial charge >= 0.3 is 0 Å². The summed E-state index contributed by atoms with van der Waals surface area (Å²) in [7, 11) is 0. The first-order chi connectivity index (χ1) is 12.8. The van der Waals surface area contributed by atoms with Crippen LogP contribution >= 0.6 is 0 Å². The van der Waals surface area contributed by atoms with E-state index in [1.165, 1.54) is 5.56 Å². The van der Waals surface area contributed by atoms with Crippen LogP contribution in [0.2, 0.25) is 0 Å². The average molecular weight is 344 g/mol. The van der Waals surface area contributed by atoms with Crippen LogP contribution in [0.3, 0.4) is 0 Å². The Balaban J connectivity index is 1.45. The van der Waals surface area contributed by atoms with Crippen LogP contribution in [-0.2, 0) is 11.2 Å². The van der Waals surface area contributed by atoms with Crippen molar-refractivity contribution in [3.8, 4) is 0 Å². The van der Waals surface area contributed by atoms with Crippen LogP contribution in [-0.4, -0.2) is 22.4 Å². The highest BCUT2D eigenvalue weighted by atomic mass is 16.1. The van der Waals surface area contributed by atoms with Crippen LogP contribution in [0.5, 0.6) is 0 Å². The monoisotopic (exact) mass is 344 g/mol. The number of anilines is 2. The van der Waals surface area contributed by atoms with E-state index in [0.29, 0.717) is 19.4 Å². The van der Waals surface area contributed by atoms with Gasteiger partial charge in [-0.05, 0) is 23.3 Å². The summed E-state index contributed by atoms with van der Waals surface area (Å²) in [5.41, 5.74) is 3.25. The van der Waals surface area contributed by atoms with Gasteiger partial charge in [-0.15, -0.1) is 0 Å². The van der Waals surface area contributed by atoms with E-state index in [0.717, 1.165) is 22.9 Å². The van der Waals surface area contributed by atoms with Crippen molar-refractivity contribution >= 4 is 17.4 Å². The van der Waals surface area contributed by atoms with Crippen LogP contribution < -0.4 is 10.6 Å². The zero-order valence-corrected chi connectivity index (χ0v) is 14.4. The minimum absolute atomic E-state index is 0.0583. The van der Waals surface area contributed by atoms with Gasteiger partial charge in [0.05, 0.1) is 0 Å². The molecule has 0 radical (unpaired) electrons. The molecule has 130 valence electrons. The smallest absolute Gasteiger partial charge is 0.225 e. The molecule has 26 heavy (non-hydrogen) atoms. The summed E-state index contributed by atoms with van der Waals surface area (Å²) in [4.78, 5) is 20.9. The Hall–Kier alpha value is -3.21. The Morgan fingerprint density at radius 2 is 1.85 bits per heavy atom. The lowest BCUT2D eigenvalue weighted by Crippen LogP contribution is -2.27. The summed E-state index contributed by atoms with van der Waals surface area (Å²) in [6.45, 7) is 0.659. The molecule has 2 aromatic carbocycles. The Morgan fingerprint density at radius 1 is 1.04 bits per heavy atom. The quantitative estimate of drug-likeness (QED) is 0.742. The van der Waals surface area contributed by atoms with Crippen molar-refractivity contribution in [1.82, 2.24) is 9.97 Å². The predicted molar refractivity (Wildman–Crippen MR) is 102 cm³/mol. The van der Waals surface area contributed by atoms with Crippen LogP contribution in [0.25, 0.3) is 0 Å². The minimum atomic E-state index is 0.0583. The zero-order chi connectivity index (χ0) is 17.8. The van der Waals surface area contributed by atoms with Crippen LogP contribution in [0.1, 0.15) is 29.3 Å². The maximum Gasteiger partial charge on any atom is 0.225 e. The third-order valence-electron chi connectivity index (χ3n) is 4.55. The number of amides is 1. The molecule has 0 spiro atoms. The normalized spacial score (nSPS) is 15.8. The van der Waals surface area contributed by atoms with Gasteiger partial charge in [0, 0.05) is 37.2 Å². The molecule has 1 aliphatic heterocycles. The summed E-state index contributed by atoms with van der Waals surface area (Å²) in [5, 5.41) is 6.30. The number of carbonyl (C=O) groups is 1. The highest BCUT2D eigenvalue weighted by Gasteiger charge is 2.24. The molecule has 3 aromatic rings. The van der Waals surface area contributed by atoms with Crippen LogP contribution in [0, 0.1) is 0 Å². The number of para-hydroxylation sites is 1. The number of rotatable bonds is 5. The first-order valence-electron chi connectivity index (χ1n) is 8.76. The average Bonchev–Trinajstić information content (AvgIpc) is 2.67. The van der Waals surface area contributed by atoms with E-state index in [2.05, 4.69) is 38.8 Å². The van der Waals surface area contributed by atoms with Gasteiger partial charge in [-0.2, -0.15) is 0 Å². The van der Waals surface area contributed by atoms with Crippen molar-refractivity contribution in [2.45, 2.75) is 18.8 Å². The number of nitrogens with zero attached hydrogens (tertiary/aromatic N) is 2. The third-order valence-corrected chi connectivity index (χ3v) is 4.55. The fraction of sp³-hybridized carbons (Fsp3) is 0.190. The molecule has 0 saturated heterocycles. The topological polar surface area (TPSA) is 66.9 Å². The van der Waals surface area contributed by atoms with Crippen molar-refractivity contribution in [2.24, 2.45) is 0 Å². The SMILES string of the molecule is O=C1CC(CNc2ccnc(Cc3ccccc3)n2)c2ccccc2N1. The van der Waals surface area contributed by atoms with Crippen molar-refractivity contribution in [3.05, 3.63) is 83.8 Å². The third kappa shape index (κ3) is 3.72. The van der Waals surface area contributed by atoms with E-state index >= 15 is 0 Å². The lowest BCUT2D eigenvalue weighted by molar-refractivity contribution is -0.116. The number of fused-ring (bicyclic) bond motifs is 1. The largest absolute Gasteiger partial charge is 0.369 e. The summed E-state index contributed by atoms with van der Waals surface area (Å²) in [6, 6.07) is 20.0. The molecular weight excluding hydrogens is 324 g/mol. The molecule has 5 nitrogen and oxygen atoms in total. The number of carbonyl (C=O) groups excluding carboxylic acids is 1. The number of hydrogen-bond acceptors (Lipinski definition) is 4. The summed E-state index contributed by atoms with van der Waals surface area (Å²) < 4.78 is 0. The molecule has 0 saturated carbocycles. The molecule has 5 heteroatoms. The molecule has 1 aliphatic rings. The number of benzene rings is 2. The first kappa shape index (κ1) is 16.3. The molecule has 0 aliphatic carbocycles. The molecular formula is C21H20N4O. The maximum absolute atomic E-state index is 11.9. The Labute approximate surface area is 152 Å². The van der Waals surface area contributed by atoms with Crippen LogP contribution in [0.15, 0.2) is 66.9 Å². The summed E-state index contributed by atoms with van der Waals surface area (Å²) in [6.07, 6.45) is 2.95. The van der Waals surface area contributed by atoms with Crippen molar-refractivity contribution in [3.63, 3.8) is 0 Å². The predicted octanol–water partition coefficient (Wildman–Crippen LogP) is 3.61. The molecule has 4 rings (SSSR count). The molecule has 0 fully saturated rings. The van der Waals surface area contributed by atoms with Gasteiger partial charge in [-0.3, -0.25) is 4.79 Å². The Kier molecular flexibility index (Phi) is 4.60. The van der Waals surface area contributed by atoms with Crippen molar-refractivity contribution in [2.75, 3.05) is 17.2 Å². The standard InChI is InChI=1S/C21H20N4O/c26-21-13-16(17-8-4-5-9-18(17)24-21)14-23-19-10-11-22-20(25-19)12-15-6-2-1-3-7-15/h1-11,16H,12-14H2,(H,24,26)(H,22,23,25). The van der Waals surface area contributed by atoms with E-state index in [-0.39, 0.29) is 11.8 Å². The first-order valence-corrected chi connectivity index (χ1v) is 8.76. The summed E-state index contributed by atoms with van der Waals surface area (Å²) >= 11 is 0. The zero-order valence-electron chi connectivity index (χ0n) is 14.4. The Bertz CT molecular complexity index is 911. The fourth-order valence-electron chi connectivity index (χ4n) is 3.27. The van der Waals surface area contributed by atoms with E-state index in [4.69, 9.17) is 0 Å². The second kappa shape index (κ2) is 7.35. The van der Waals surface area contributed by atoms with E-state index in [9.17, 15) is 4.79 Å². The van der Waals surface area contributed by atoms with E-state index in [1.54, 1.807) is 6.20 Å². The minimum Gasteiger partial charge on any atom is -0.369 e. The number of aromatic nitrogens is 2. The van der Waals surface area contributed by atoms with Gasteiger partial charge in [-0.1, -0.05) is 48.5 Å². The van der Waals surface area contributed by atoms with Gasteiger partial charge < -0.3 is 10.6 Å². The molecule has 2 N–H and O–H groups in total. The summed E-state index contributed by atoms with van der Waals surface area (Å²) in [5.74, 6) is 1.76. The second-order valence-corrected chi connectivity index (χ2v) is 6.44. The number of hydrogen-bond donors (Lipinski definition) is 2. The number of nitrogens with one attached hydrogen (secondary N) is 2. The van der Waals surface area contributed by atoms with Crippen molar-refractivity contribution in [1.29, 1.82) is 0 Å². The van der Waals surface area contributed by atoms with Gasteiger partial charge in [0.15, 0.2) is 0 Å². The fourth-order valence-corrected chi connectivity index (χ4v) is 3.27. The molecule has 1 aromatic heterocycles. The van der Waals surface area contributed by atoms with E-state index in [1.807, 2.05) is 42.5 Å². The maximum atomic E-state index is 11.9.